The molecule has 2 atom stereocenters. The predicted octanol–water partition coefficient (Wildman–Crippen LogP) is 6.01. The minimum Gasteiger partial charge on any atom is -0.352 e. The molecule has 2 heterocycles. The zero-order valence-electron chi connectivity index (χ0n) is 17.4. The normalized spacial score (nSPS) is 26.0. The van der Waals surface area contributed by atoms with E-state index in [-0.39, 0.29) is 0 Å². The van der Waals surface area contributed by atoms with Crippen LogP contribution in [0.25, 0.3) is 22.3 Å². The molecule has 2 fully saturated rings. The molecular formula is C25H29N3. The van der Waals surface area contributed by atoms with Gasteiger partial charge >= 0.3 is 0 Å². The minimum absolute atomic E-state index is 0.377. The zero-order valence-corrected chi connectivity index (χ0v) is 17.4. The van der Waals surface area contributed by atoms with Crippen LogP contribution in [0.4, 0.5) is 5.82 Å². The molecule has 3 heteroatoms. The highest BCUT2D eigenvalue weighted by molar-refractivity contribution is 5.91. The van der Waals surface area contributed by atoms with E-state index in [1.807, 2.05) is 0 Å². The minimum atomic E-state index is 0.377. The second kappa shape index (κ2) is 6.04. The van der Waals surface area contributed by atoms with Crippen molar-refractivity contribution in [3.8, 4) is 11.4 Å². The maximum Gasteiger partial charge on any atom is 0.162 e. The maximum absolute atomic E-state index is 5.15. The Kier molecular flexibility index (Phi) is 3.81. The first kappa shape index (κ1) is 17.7. The maximum atomic E-state index is 5.15. The lowest BCUT2D eigenvalue weighted by atomic mass is 9.65. The number of hydrogen-bond donors (Lipinski definition) is 0. The van der Waals surface area contributed by atoms with Crippen molar-refractivity contribution in [3.05, 3.63) is 54.1 Å². The van der Waals surface area contributed by atoms with Crippen molar-refractivity contribution in [2.75, 3.05) is 11.4 Å². The first-order valence-corrected chi connectivity index (χ1v) is 10.4. The van der Waals surface area contributed by atoms with Gasteiger partial charge < -0.3 is 4.90 Å². The van der Waals surface area contributed by atoms with E-state index in [0.717, 1.165) is 29.3 Å². The summed E-state index contributed by atoms with van der Waals surface area (Å²) in [6.07, 6.45) is 3.80. The van der Waals surface area contributed by atoms with E-state index in [4.69, 9.17) is 9.97 Å². The van der Waals surface area contributed by atoms with Gasteiger partial charge in [-0.25, -0.2) is 9.97 Å². The summed E-state index contributed by atoms with van der Waals surface area (Å²) >= 11 is 0. The van der Waals surface area contributed by atoms with Gasteiger partial charge in [0.2, 0.25) is 0 Å². The number of nitrogens with zero attached hydrogens (tertiary/aromatic N) is 3. The van der Waals surface area contributed by atoms with Crippen LogP contribution in [0.5, 0.6) is 0 Å². The van der Waals surface area contributed by atoms with Crippen molar-refractivity contribution in [2.24, 2.45) is 10.8 Å². The standard InChI is InChI=1S/C25H29N3/c1-17-8-7-9-18(12-17)22-26-21-11-6-5-10-20(21)23(27-22)28-16-25(4)14-19(28)13-24(2,3)15-25/h5-12,19H,13-16H2,1-4H3. The van der Waals surface area contributed by atoms with Gasteiger partial charge in [0.15, 0.2) is 5.82 Å². The quantitative estimate of drug-likeness (QED) is 0.552. The molecule has 1 aromatic heterocycles. The Morgan fingerprint density at radius 2 is 1.79 bits per heavy atom. The summed E-state index contributed by atoms with van der Waals surface area (Å²) in [5.41, 5.74) is 4.15. The third-order valence-electron chi connectivity index (χ3n) is 6.55. The topological polar surface area (TPSA) is 29.0 Å². The van der Waals surface area contributed by atoms with E-state index < -0.39 is 0 Å². The van der Waals surface area contributed by atoms with Gasteiger partial charge in [-0.2, -0.15) is 0 Å². The van der Waals surface area contributed by atoms with Crippen molar-refractivity contribution in [1.82, 2.24) is 9.97 Å². The average molecular weight is 372 g/mol. The molecule has 0 amide bonds. The summed E-state index contributed by atoms with van der Waals surface area (Å²) in [6.45, 7) is 10.5. The highest BCUT2D eigenvalue weighted by Crippen LogP contribution is 2.53. The Morgan fingerprint density at radius 1 is 0.964 bits per heavy atom. The third kappa shape index (κ3) is 2.97. The van der Waals surface area contributed by atoms with Crippen molar-refractivity contribution < 1.29 is 0 Å². The number of hydrogen-bond acceptors (Lipinski definition) is 3. The van der Waals surface area contributed by atoms with Gasteiger partial charge in [0.1, 0.15) is 5.82 Å². The summed E-state index contributed by atoms with van der Waals surface area (Å²) in [5, 5.41) is 1.17. The molecule has 144 valence electrons. The number of para-hydroxylation sites is 1. The number of anilines is 1. The van der Waals surface area contributed by atoms with Crippen LogP contribution >= 0.6 is 0 Å². The van der Waals surface area contributed by atoms with Crippen LogP contribution in [0.3, 0.4) is 0 Å². The Bertz CT molecular complexity index is 1050. The summed E-state index contributed by atoms with van der Waals surface area (Å²) in [7, 11) is 0. The van der Waals surface area contributed by atoms with Crippen LogP contribution in [-0.4, -0.2) is 22.6 Å². The molecule has 5 rings (SSSR count). The Hall–Kier alpha value is -2.42. The predicted molar refractivity (Wildman–Crippen MR) is 117 cm³/mol. The smallest absolute Gasteiger partial charge is 0.162 e. The molecule has 2 aliphatic rings. The lowest BCUT2D eigenvalue weighted by Crippen LogP contribution is -2.35. The van der Waals surface area contributed by atoms with Crippen molar-refractivity contribution in [2.45, 2.75) is 53.0 Å². The fourth-order valence-electron chi connectivity index (χ4n) is 5.90. The van der Waals surface area contributed by atoms with Gasteiger partial charge in [0, 0.05) is 23.5 Å². The molecule has 0 radical (unpaired) electrons. The van der Waals surface area contributed by atoms with Crippen LogP contribution in [0.2, 0.25) is 0 Å². The molecular weight excluding hydrogens is 342 g/mol. The number of aryl methyl sites for hydroxylation is 1. The summed E-state index contributed by atoms with van der Waals surface area (Å²) in [4.78, 5) is 12.7. The molecule has 1 saturated heterocycles. The van der Waals surface area contributed by atoms with Crippen LogP contribution < -0.4 is 4.90 Å². The van der Waals surface area contributed by atoms with E-state index in [0.29, 0.717) is 16.9 Å². The van der Waals surface area contributed by atoms with Crippen molar-refractivity contribution in [1.29, 1.82) is 0 Å². The molecule has 1 aliphatic carbocycles. The fourth-order valence-corrected chi connectivity index (χ4v) is 5.90. The fraction of sp³-hybridized carbons (Fsp3) is 0.440. The van der Waals surface area contributed by atoms with Gasteiger partial charge in [0.05, 0.1) is 5.52 Å². The summed E-state index contributed by atoms with van der Waals surface area (Å²) < 4.78 is 0. The number of benzene rings is 2. The zero-order chi connectivity index (χ0) is 19.5. The van der Waals surface area contributed by atoms with Crippen LogP contribution in [-0.2, 0) is 0 Å². The van der Waals surface area contributed by atoms with Crippen molar-refractivity contribution >= 4 is 16.7 Å². The van der Waals surface area contributed by atoms with Crippen molar-refractivity contribution in [3.63, 3.8) is 0 Å². The molecule has 0 N–H and O–H groups in total. The first-order valence-electron chi connectivity index (χ1n) is 10.4. The largest absolute Gasteiger partial charge is 0.352 e. The van der Waals surface area contributed by atoms with E-state index in [1.54, 1.807) is 0 Å². The number of rotatable bonds is 2. The molecule has 3 aromatic rings. The summed E-state index contributed by atoms with van der Waals surface area (Å²) in [6, 6.07) is 17.6. The molecule has 2 aromatic carbocycles. The second-order valence-electron chi connectivity index (χ2n) is 10.1. The Morgan fingerprint density at radius 3 is 2.61 bits per heavy atom. The monoisotopic (exact) mass is 371 g/mol. The Labute approximate surface area is 167 Å². The molecule has 2 unspecified atom stereocenters. The number of aromatic nitrogens is 2. The lowest BCUT2D eigenvalue weighted by Gasteiger charge is -2.39. The van der Waals surface area contributed by atoms with Gasteiger partial charge in [-0.15, -0.1) is 0 Å². The van der Waals surface area contributed by atoms with E-state index in [1.165, 1.54) is 30.2 Å². The highest BCUT2D eigenvalue weighted by Gasteiger charge is 2.50. The molecule has 1 aliphatic heterocycles. The van der Waals surface area contributed by atoms with Gasteiger partial charge in [-0.1, -0.05) is 56.7 Å². The molecule has 2 bridgehead atoms. The number of fused-ring (bicyclic) bond motifs is 3. The second-order valence-corrected chi connectivity index (χ2v) is 10.1. The van der Waals surface area contributed by atoms with Gasteiger partial charge in [-0.3, -0.25) is 0 Å². The molecule has 3 nitrogen and oxygen atoms in total. The van der Waals surface area contributed by atoms with E-state index in [9.17, 15) is 0 Å². The third-order valence-corrected chi connectivity index (χ3v) is 6.55. The SMILES string of the molecule is Cc1cccc(-c2nc(N3CC4(C)CC3CC(C)(C)C4)c3ccccc3n2)c1. The average Bonchev–Trinajstić information content (AvgIpc) is 2.89. The highest BCUT2D eigenvalue weighted by atomic mass is 15.3. The first-order chi connectivity index (χ1) is 13.3. The van der Waals surface area contributed by atoms with Gasteiger partial charge in [0.25, 0.3) is 0 Å². The molecule has 1 saturated carbocycles. The van der Waals surface area contributed by atoms with Crippen LogP contribution in [0.15, 0.2) is 48.5 Å². The summed E-state index contributed by atoms with van der Waals surface area (Å²) in [5.74, 6) is 1.96. The molecule has 0 spiro atoms. The lowest BCUT2D eigenvalue weighted by molar-refractivity contribution is 0.136. The van der Waals surface area contributed by atoms with E-state index in [2.05, 4.69) is 81.1 Å². The van der Waals surface area contributed by atoms with Gasteiger partial charge in [-0.05, 0) is 55.2 Å². The van der Waals surface area contributed by atoms with E-state index >= 15 is 0 Å². The molecule has 28 heavy (non-hydrogen) atoms. The van der Waals surface area contributed by atoms with Crippen LogP contribution in [0.1, 0.15) is 45.6 Å². The Balaban J connectivity index is 1.67. The van der Waals surface area contributed by atoms with Crippen LogP contribution in [0, 0.1) is 17.8 Å².